The van der Waals surface area contributed by atoms with Crippen LogP contribution in [0.5, 0.6) is 0 Å². The first kappa shape index (κ1) is 16.3. The van der Waals surface area contributed by atoms with Crippen LogP contribution < -0.4 is 0 Å². The van der Waals surface area contributed by atoms with Crippen molar-refractivity contribution >= 4 is 17.6 Å². The molecule has 0 unspecified atom stereocenters. The second kappa shape index (κ2) is 8.37. The van der Waals surface area contributed by atoms with E-state index in [2.05, 4.69) is 9.64 Å². The molecule has 0 spiro atoms. The Morgan fingerprint density at radius 1 is 1.38 bits per heavy atom. The second-order valence-corrected chi connectivity index (χ2v) is 5.68. The number of carbonyl (C=O) groups excluding carboxylic acids is 1. The minimum atomic E-state index is -0.129. The summed E-state index contributed by atoms with van der Waals surface area (Å²) in [5, 5.41) is 0.745. The zero-order valence-corrected chi connectivity index (χ0v) is 13.1. The normalized spacial score (nSPS) is 19.4. The summed E-state index contributed by atoms with van der Waals surface area (Å²) in [5.74, 6) is -0.129. The minimum Gasteiger partial charge on any atom is -0.469 e. The van der Waals surface area contributed by atoms with E-state index in [1.807, 2.05) is 24.3 Å². The molecule has 21 heavy (non-hydrogen) atoms. The number of methoxy groups -OCH3 is 1. The molecule has 1 aromatic rings. The quantitative estimate of drug-likeness (QED) is 0.598. The maximum atomic E-state index is 11.1. The van der Waals surface area contributed by atoms with E-state index in [1.165, 1.54) is 12.7 Å². The van der Waals surface area contributed by atoms with Crippen LogP contribution in [0.4, 0.5) is 0 Å². The number of nitrogens with zero attached hydrogens (tertiary/aromatic N) is 1. The molecule has 1 aromatic carbocycles. The van der Waals surface area contributed by atoms with Crippen molar-refractivity contribution in [1.29, 1.82) is 0 Å². The molecule has 1 heterocycles. The monoisotopic (exact) mass is 311 g/mol. The van der Waals surface area contributed by atoms with Gasteiger partial charge in [-0.2, -0.15) is 0 Å². The summed E-state index contributed by atoms with van der Waals surface area (Å²) < 4.78 is 10.5. The molecular formula is C16H22ClNO3. The molecule has 0 radical (unpaired) electrons. The molecule has 1 aliphatic rings. The summed E-state index contributed by atoms with van der Waals surface area (Å²) in [6.45, 7) is 3.57. The molecule has 1 saturated heterocycles. The Morgan fingerprint density at radius 3 is 2.86 bits per heavy atom. The third-order valence-corrected chi connectivity index (χ3v) is 3.98. The van der Waals surface area contributed by atoms with E-state index in [0.717, 1.165) is 44.1 Å². The fourth-order valence-electron chi connectivity index (χ4n) is 2.49. The standard InChI is InChI=1S/C16H22ClNO3/c1-20-16(19)4-2-3-9-18-10-11-21-15(12-18)13-5-7-14(17)8-6-13/h5-8,15H,2-4,9-12H2,1H3/t15-/m1/s1. The summed E-state index contributed by atoms with van der Waals surface area (Å²) in [7, 11) is 1.43. The number of halogens is 1. The van der Waals surface area contributed by atoms with E-state index >= 15 is 0 Å². The molecule has 0 N–H and O–H groups in total. The number of hydrogen-bond acceptors (Lipinski definition) is 4. The highest BCUT2D eigenvalue weighted by atomic mass is 35.5. The van der Waals surface area contributed by atoms with Crippen molar-refractivity contribution in [2.24, 2.45) is 0 Å². The molecule has 0 aliphatic carbocycles. The Hall–Kier alpha value is -1.10. The van der Waals surface area contributed by atoms with Crippen LogP contribution in [0.2, 0.25) is 5.02 Å². The lowest BCUT2D eigenvalue weighted by Gasteiger charge is -2.33. The van der Waals surface area contributed by atoms with Crippen LogP contribution in [0.1, 0.15) is 30.9 Å². The lowest BCUT2D eigenvalue weighted by Crippen LogP contribution is -2.38. The van der Waals surface area contributed by atoms with E-state index < -0.39 is 0 Å². The Morgan fingerprint density at radius 2 is 2.14 bits per heavy atom. The predicted molar refractivity (Wildman–Crippen MR) is 82.5 cm³/mol. The number of morpholine rings is 1. The van der Waals surface area contributed by atoms with Crippen LogP contribution in [-0.4, -0.2) is 44.2 Å². The number of hydrogen-bond donors (Lipinski definition) is 0. The number of rotatable bonds is 6. The van der Waals surface area contributed by atoms with Gasteiger partial charge in [0.1, 0.15) is 0 Å². The molecule has 4 nitrogen and oxygen atoms in total. The van der Waals surface area contributed by atoms with Gasteiger partial charge in [0.25, 0.3) is 0 Å². The molecule has 1 fully saturated rings. The summed E-state index contributed by atoms with van der Waals surface area (Å²) in [6, 6.07) is 7.84. The van der Waals surface area contributed by atoms with Crippen molar-refractivity contribution in [3.63, 3.8) is 0 Å². The fraction of sp³-hybridized carbons (Fsp3) is 0.562. The van der Waals surface area contributed by atoms with E-state index in [4.69, 9.17) is 16.3 Å². The van der Waals surface area contributed by atoms with Gasteiger partial charge in [0.2, 0.25) is 0 Å². The van der Waals surface area contributed by atoms with E-state index in [1.54, 1.807) is 0 Å². The maximum absolute atomic E-state index is 11.1. The third-order valence-electron chi connectivity index (χ3n) is 3.73. The summed E-state index contributed by atoms with van der Waals surface area (Å²) >= 11 is 5.91. The Labute approximate surface area is 131 Å². The van der Waals surface area contributed by atoms with E-state index in [-0.39, 0.29) is 12.1 Å². The first-order valence-electron chi connectivity index (χ1n) is 7.35. The van der Waals surface area contributed by atoms with Gasteiger partial charge in [0.15, 0.2) is 0 Å². The van der Waals surface area contributed by atoms with E-state index in [9.17, 15) is 4.79 Å². The zero-order chi connectivity index (χ0) is 15.1. The first-order chi connectivity index (χ1) is 10.2. The predicted octanol–water partition coefficient (Wildman–Crippen LogP) is 3.06. The lowest BCUT2D eigenvalue weighted by molar-refractivity contribution is -0.140. The van der Waals surface area contributed by atoms with Crippen molar-refractivity contribution in [2.75, 3.05) is 33.4 Å². The van der Waals surface area contributed by atoms with Crippen LogP contribution >= 0.6 is 11.6 Å². The van der Waals surface area contributed by atoms with Gasteiger partial charge in [-0.25, -0.2) is 0 Å². The third kappa shape index (κ3) is 5.30. The van der Waals surface area contributed by atoms with Gasteiger partial charge in [0.05, 0.1) is 19.8 Å². The highest BCUT2D eigenvalue weighted by Gasteiger charge is 2.21. The Kier molecular flexibility index (Phi) is 6.49. The fourth-order valence-corrected chi connectivity index (χ4v) is 2.62. The van der Waals surface area contributed by atoms with Crippen molar-refractivity contribution in [1.82, 2.24) is 4.90 Å². The highest BCUT2D eigenvalue weighted by Crippen LogP contribution is 2.23. The largest absolute Gasteiger partial charge is 0.469 e. The highest BCUT2D eigenvalue weighted by molar-refractivity contribution is 6.30. The average molecular weight is 312 g/mol. The summed E-state index contributed by atoms with van der Waals surface area (Å²) in [4.78, 5) is 13.4. The van der Waals surface area contributed by atoms with Gasteiger partial charge in [-0.3, -0.25) is 9.69 Å². The van der Waals surface area contributed by atoms with Crippen LogP contribution in [0.25, 0.3) is 0 Å². The van der Waals surface area contributed by atoms with Crippen LogP contribution in [0.3, 0.4) is 0 Å². The molecule has 116 valence electrons. The molecule has 0 aromatic heterocycles. The van der Waals surface area contributed by atoms with Crippen LogP contribution in [0, 0.1) is 0 Å². The number of benzene rings is 1. The molecule has 0 saturated carbocycles. The Bertz CT molecular complexity index is 449. The topological polar surface area (TPSA) is 38.8 Å². The van der Waals surface area contributed by atoms with E-state index in [0.29, 0.717) is 6.42 Å². The SMILES string of the molecule is COC(=O)CCCCN1CCO[C@@H](c2ccc(Cl)cc2)C1. The number of unbranched alkanes of at least 4 members (excludes halogenated alkanes) is 1. The lowest BCUT2D eigenvalue weighted by atomic mass is 10.1. The summed E-state index contributed by atoms with van der Waals surface area (Å²) in [6.07, 6.45) is 2.48. The van der Waals surface area contributed by atoms with Crippen molar-refractivity contribution in [2.45, 2.75) is 25.4 Å². The molecule has 1 atom stereocenters. The van der Waals surface area contributed by atoms with Gasteiger partial charge in [-0.15, -0.1) is 0 Å². The second-order valence-electron chi connectivity index (χ2n) is 5.24. The van der Waals surface area contributed by atoms with Crippen LogP contribution in [-0.2, 0) is 14.3 Å². The average Bonchev–Trinajstić information content (AvgIpc) is 2.52. The molecule has 2 rings (SSSR count). The van der Waals surface area contributed by atoms with Crippen LogP contribution in [0.15, 0.2) is 24.3 Å². The van der Waals surface area contributed by atoms with Gasteiger partial charge in [-0.05, 0) is 37.1 Å². The molecule has 0 amide bonds. The summed E-state index contributed by atoms with van der Waals surface area (Å²) in [5.41, 5.74) is 1.17. The van der Waals surface area contributed by atoms with Gasteiger partial charge >= 0.3 is 5.97 Å². The van der Waals surface area contributed by atoms with Crippen molar-refractivity contribution in [3.8, 4) is 0 Å². The van der Waals surface area contributed by atoms with Gasteiger partial charge in [-0.1, -0.05) is 23.7 Å². The molecule has 0 bridgehead atoms. The maximum Gasteiger partial charge on any atom is 0.305 e. The number of carbonyl (C=O) groups is 1. The number of esters is 1. The molecule has 5 heteroatoms. The van der Waals surface area contributed by atoms with Gasteiger partial charge < -0.3 is 9.47 Å². The first-order valence-corrected chi connectivity index (χ1v) is 7.73. The van der Waals surface area contributed by atoms with Gasteiger partial charge in [0, 0.05) is 24.5 Å². The van der Waals surface area contributed by atoms with Crippen molar-refractivity contribution < 1.29 is 14.3 Å². The number of ether oxygens (including phenoxy) is 2. The van der Waals surface area contributed by atoms with Crippen molar-refractivity contribution in [3.05, 3.63) is 34.9 Å². The Balaban J connectivity index is 1.75. The smallest absolute Gasteiger partial charge is 0.305 e. The zero-order valence-electron chi connectivity index (χ0n) is 12.4. The molecule has 1 aliphatic heterocycles. The molecular weight excluding hydrogens is 290 g/mol. The minimum absolute atomic E-state index is 0.108.